The maximum Gasteiger partial charge on any atom is 0.343 e. The van der Waals surface area contributed by atoms with Crippen molar-refractivity contribution < 1.29 is 23.8 Å². The highest BCUT2D eigenvalue weighted by molar-refractivity contribution is 9.10. The highest BCUT2D eigenvalue weighted by Crippen LogP contribution is 2.26. The molecule has 0 unspecified atom stereocenters. The second-order valence-corrected chi connectivity index (χ2v) is 7.11. The number of ketones is 1. The molecule has 3 rings (SSSR count). The summed E-state index contributed by atoms with van der Waals surface area (Å²) >= 11 is 3.34. The lowest BCUT2D eigenvalue weighted by Crippen LogP contribution is -2.09. The molecule has 152 valence electrons. The highest BCUT2D eigenvalue weighted by atomic mass is 79.9. The lowest BCUT2D eigenvalue weighted by atomic mass is 10.1. The molecular formula is C24H19BrO5. The van der Waals surface area contributed by atoms with Crippen molar-refractivity contribution in [1.82, 2.24) is 0 Å². The van der Waals surface area contributed by atoms with Gasteiger partial charge in [0, 0.05) is 16.1 Å². The number of halogens is 1. The molecule has 0 aliphatic carbocycles. The van der Waals surface area contributed by atoms with Crippen LogP contribution in [-0.2, 0) is 0 Å². The molecule has 0 heterocycles. The van der Waals surface area contributed by atoms with Gasteiger partial charge in [0.05, 0.1) is 25.3 Å². The van der Waals surface area contributed by atoms with Gasteiger partial charge in [0.15, 0.2) is 5.78 Å². The molecule has 5 nitrogen and oxygen atoms in total. The maximum atomic E-state index is 12.7. The van der Waals surface area contributed by atoms with Gasteiger partial charge in [-0.25, -0.2) is 4.79 Å². The summed E-state index contributed by atoms with van der Waals surface area (Å²) < 4.78 is 16.8. The molecule has 3 aromatic carbocycles. The fourth-order valence-electron chi connectivity index (χ4n) is 2.71. The molecule has 0 saturated heterocycles. The van der Waals surface area contributed by atoms with Crippen molar-refractivity contribution in [2.24, 2.45) is 0 Å². The summed E-state index contributed by atoms with van der Waals surface area (Å²) in [4.78, 5) is 25.1. The zero-order chi connectivity index (χ0) is 21.5. The molecule has 0 saturated carbocycles. The van der Waals surface area contributed by atoms with Crippen LogP contribution in [0.25, 0.3) is 6.08 Å². The van der Waals surface area contributed by atoms with Gasteiger partial charge in [-0.3, -0.25) is 4.79 Å². The zero-order valence-corrected chi connectivity index (χ0v) is 18.0. The second-order valence-electron chi connectivity index (χ2n) is 6.20. The van der Waals surface area contributed by atoms with Gasteiger partial charge in [-0.1, -0.05) is 34.1 Å². The van der Waals surface area contributed by atoms with Crippen LogP contribution in [0.3, 0.4) is 0 Å². The van der Waals surface area contributed by atoms with Gasteiger partial charge in [0.2, 0.25) is 0 Å². The van der Waals surface area contributed by atoms with Gasteiger partial charge in [-0.15, -0.1) is 0 Å². The molecule has 6 heteroatoms. The molecular weight excluding hydrogens is 448 g/mol. The average Bonchev–Trinajstić information content (AvgIpc) is 2.78. The second kappa shape index (κ2) is 9.89. The number of hydrogen-bond donors (Lipinski definition) is 0. The quantitative estimate of drug-likeness (QED) is 0.197. The molecule has 0 amide bonds. The van der Waals surface area contributed by atoms with Crippen molar-refractivity contribution in [3.8, 4) is 17.2 Å². The van der Waals surface area contributed by atoms with E-state index in [0.29, 0.717) is 33.9 Å². The predicted octanol–water partition coefficient (Wildman–Crippen LogP) is 5.58. The molecule has 0 aromatic heterocycles. The zero-order valence-electron chi connectivity index (χ0n) is 16.4. The van der Waals surface area contributed by atoms with Gasteiger partial charge in [0.25, 0.3) is 0 Å². The number of ether oxygens (including phenoxy) is 3. The summed E-state index contributed by atoms with van der Waals surface area (Å²) in [6, 6.07) is 18.9. The molecule has 0 aliphatic rings. The molecule has 0 fully saturated rings. The van der Waals surface area contributed by atoms with Gasteiger partial charge >= 0.3 is 5.97 Å². The lowest BCUT2D eigenvalue weighted by Gasteiger charge is -2.09. The fourth-order valence-corrected chi connectivity index (χ4v) is 2.98. The van der Waals surface area contributed by atoms with Crippen molar-refractivity contribution in [2.45, 2.75) is 0 Å². The normalized spacial score (nSPS) is 10.6. The number of carbonyl (C=O) groups excluding carboxylic acids is 2. The molecule has 0 aliphatic heterocycles. The van der Waals surface area contributed by atoms with E-state index in [0.717, 1.165) is 4.47 Å². The van der Waals surface area contributed by atoms with Crippen LogP contribution in [0.5, 0.6) is 17.2 Å². The van der Waals surface area contributed by atoms with Gasteiger partial charge < -0.3 is 14.2 Å². The van der Waals surface area contributed by atoms with Crippen LogP contribution < -0.4 is 14.2 Å². The Morgan fingerprint density at radius 1 is 0.867 bits per heavy atom. The number of methoxy groups -OCH3 is 2. The van der Waals surface area contributed by atoms with E-state index in [-0.39, 0.29) is 5.78 Å². The topological polar surface area (TPSA) is 61.8 Å². The largest absolute Gasteiger partial charge is 0.497 e. The van der Waals surface area contributed by atoms with E-state index in [4.69, 9.17) is 14.2 Å². The Kier molecular flexibility index (Phi) is 7.03. The average molecular weight is 467 g/mol. The Morgan fingerprint density at radius 3 is 2.30 bits per heavy atom. The summed E-state index contributed by atoms with van der Waals surface area (Å²) in [5.74, 6) is 0.641. The summed E-state index contributed by atoms with van der Waals surface area (Å²) in [6.07, 6.45) is 3.02. The van der Waals surface area contributed by atoms with E-state index in [1.54, 1.807) is 79.9 Å². The van der Waals surface area contributed by atoms with E-state index in [1.807, 2.05) is 0 Å². The van der Waals surface area contributed by atoms with Crippen molar-refractivity contribution in [3.63, 3.8) is 0 Å². The minimum Gasteiger partial charge on any atom is -0.497 e. The summed E-state index contributed by atoms with van der Waals surface area (Å²) in [5, 5.41) is 0. The third-order valence-electron chi connectivity index (χ3n) is 4.29. The summed E-state index contributed by atoms with van der Waals surface area (Å²) in [6.45, 7) is 0. The predicted molar refractivity (Wildman–Crippen MR) is 118 cm³/mol. The van der Waals surface area contributed by atoms with E-state index < -0.39 is 5.97 Å². The smallest absolute Gasteiger partial charge is 0.343 e. The van der Waals surface area contributed by atoms with E-state index in [1.165, 1.54) is 13.2 Å². The van der Waals surface area contributed by atoms with Gasteiger partial charge in [-0.2, -0.15) is 0 Å². The summed E-state index contributed by atoms with van der Waals surface area (Å²) in [7, 11) is 3.04. The minimum absolute atomic E-state index is 0.247. The van der Waals surface area contributed by atoms with Crippen LogP contribution in [0, 0.1) is 0 Å². The Labute approximate surface area is 183 Å². The Bertz CT molecular complexity index is 1090. The minimum atomic E-state index is -0.480. The third kappa shape index (κ3) is 5.15. The maximum absolute atomic E-state index is 12.7. The molecule has 0 radical (unpaired) electrons. The van der Waals surface area contributed by atoms with Crippen LogP contribution in [-0.4, -0.2) is 26.0 Å². The number of rotatable bonds is 7. The first-order valence-corrected chi connectivity index (χ1v) is 9.82. The van der Waals surface area contributed by atoms with Crippen LogP contribution in [0.15, 0.2) is 77.3 Å². The molecule has 0 bridgehead atoms. The number of para-hydroxylation sites is 1. The third-order valence-corrected chi connectivity index (χ3v) is 4.82. The number of carbonyl (C=O) groups is 2. The number of esters is 1. The van der Waals surface area contributed by atoms with Crippen molar-refractivity contribution in [3.05, 3.63) is 94.0 Å². The molecule has 0 N–H and O–H groups in total. The Morgan fingerprint density at radius 2 is 1.60 bits per heavy atom. The van der Waals surface area contributed by atoms with Crippen LogP contribution in [0.1, 0.15) is 26.3 Å². The molecule has 3 aromatic rings. The first-order valence-electron chi connectivity index (χ1n) is 9.03. The first-order chi connectivity index (χ1) is 14.5. The van der Waals surface area contributed by atoms with Crippen molar-refractivity contribution in [1.29, 1.82) is 0 Å². The summed E-state index contributed by atoms with van der Waals surface area (Å²) in [5.41, 5.74) is 1.43. The SMILES string of the molecule is COc1ccc(C(=O)C=Cc2ccccc2OC(=O)c2ccc(Br)cc2)c(OC)c1. The first kappa shape index (κ1) is 21.3. The van der Waals surface area contributed by atoms with Gasteiger partial charge in [-0.05, 0) is 54.6 Å². The standard InChI is InChI=1S/C24H19BrO5/c1-28-19-12-13-20(23(15-19)29-2)21(26)14-9-16-5-3-4-6-22(16)30-24(27)17-7-10-18(25)11-8-17/h3-15H,1-2H3. The van der Waals surface area contributed by atoms with Crippen molar-refractivity contribution in [2.75, 3.05) is 14.2 Å². The molecule has 30 heavy (non-hydrogen) atoms. The highest BCUT2D eigenvalue weighted by Gasteiger charge is 2.13. The van der Waals surface area contributed by atoms with E-state index in [9.17, 15) is 9.59 Å². The van der Waals surface area contributed by atoms with Crippen LogP contribution >= 0.6 is 15.9 Å². The van der Waals surface area contributed by atoms with Crippen LogP contribution in [0.2, 0.25) is 0 Å². The molecule has 0 spiro atoms. The van der Waals surface area contributed by atoms with E-state index in [2.05, 4.69) is 15.9 Å². The number of allylic oxidation sites excluding steroid dienone is 1. The number of hydrogen-bond acceptors (Lipinski definition) is 5. The fraction of sp³-hybridized carbons (Fsp3) is 0.0833. The Hall–Kier alpha value is -3.38. The lowest BCUT2D eigenvalue weighted by molar-refractivity contribution is 0.0734. The molecule has 0 atom stereocenters. The van der Waals surface area contributed by atoms with Crippen molar-refractivity contribution >= 4 is 33.8 Å². The Balaban J connectivity index is 1.80. The van der Waals surface area contributed by atoms with E-state index >= 15 is 0 Å². The monoisotopic (exact) mass is 466 g/mol. The number of benzene rings is 3. The van der Waals surface area contributed by atoms with Crippen LogP contribution in [0.4, 0.5) is 0 Å². The van der Waals surface area contributed by atoms with Gasteiger partial charge in [0.1, 0.15) is 17.2 Å².